The summed E-state index contributed by atoms with van der Waals surface area (Å²) >= 11 is 0.777. The van der Waals surface area contributed by atoms with Gasteiger partial charge in [0.1, 0.15) is 5.76 Å². The molecule has 0 aliphatic heterocycles. The number of halogens is 3. The number of rotatable bonds is 5. The first-order valence-corrected chi connectivity index (χ1v) is 7.00. The highest BCUT2D eigenvalue weighted by Crippen LogP contribution is 2.32. The second-order valence-corrected chi connectivity index (χ2v) is 5.30. The Morgan fingerprint density at radius 1 is 1.20 bits per heavy atom. The Hall–Kier alpha value is -1.56. The average Bonchev–Trinajstić information content (AvgIpc) is 2.79. The van der Waals surface area contributed by atoms with Gasteiger partial charge in [0.05, 0.1) is 18.6 Å². The molecular formula is C14H14F3NOS. The molecule has 0 radical (unpaired) electrons. The Kier molecular flexibility index (Phi) is 4.65. The van der Waals surface area contributed by atoms with Crippen molar-refractivity contribution in [3.05, 3.63) is 47.9 Å². The van der Waals surface area contributed by atoms with Crippen LogP contribution >= 0.6 is 11.8 Å². The third kappa shape index (κ3) is 4.23. The van der Waals surface area contributed by atoms with E-state index >= 15 is 0 Å². The normalized spacial score (nSPS) is 11.6. The molecule has 0 aliphatic carbocycles. The highest BCUT2D eigenvalue weighted by molar-refractivity contribution is 7.99. The molecule has 2 aromatic rings. The van der Waals surface area contributed by atoms with Gasteiger partial charge in [-0.3, -0.25) is 0 Å². The van der Waals surface area contributed by atoms with E-state index in [9.17, 15) is 13.2 Å². The number of alkyl halides is 3. The van der Waals surface area contributed by atoms with Crippen LogP contribution in [0.1, 0.15) is 11.3 Å². The molecule has 0 bridgehead atoms. The fourth-order valence-corrected chi connectivity index (χ4v) is 2.45. The van der Waals surface area contributed by atoms with Crippen molar-refractivity contribution in [3.63, 3.8) is 0 Å². The first kappa shape index (κ1) is 14.8. The monoisotopic (exact) mass is 301 g/mol. The lowest BCUT2D eigenvalue weighted by molar-refractivity contribution is -0.105. The Labute approximate surface area is 119 Å². The van der Waals surface area contributed by atoms with Crippen molar-refractivity contribution < 1.29 is 17.6 Å². The number of para-hydroxylation sites is 1. The first-order chi connectivity index (χ1) is 9.46. The maximum Gasteiger partial charge on any atom is 0.398 e. The van der Waals surface area contributed by atoms with Crippen molar-refractivity contribution in [3.8, 4) is 0 Å². The molecule has 0 spiro atoms. The van der Waals surface area contributed by atoms with Gasteiger partial charge >= 0.3 is 6.18 Å². The maximum atomic E-state index is 12.3. The van der Waals surface area contributed by atoms with Crippen molar-refractivity contribution in [1.82, 2.24) is 0 Å². The number of furan rings is 1. The van der Waals surface area contributed by atoms with Crippen molar-refractivity contribution >= 4 is 17.4 Å². The summed E-state index contributed by atoms with van der Waals surface area (Å²) in [6.45, 7) is 2.37. The van der Waals surface area contributed by atoms with Crippen molar-refractivity contribution in [2.75, 3.05) is 11.1 Å². The maximum absolute atomic E-state index is 12.3. The van der Waals surface area contributed by atoms with Crippen LogP contribution in [0.3, 0.4) is 0 Å². The first-order valence-electron chi connectivity index (χ1n) is 6.01. The van der Waals surface area contributed by atoms with Gasteiger partial charge < -0.3 is 9.73 Å². The lowest BCUT2D eigenvalue weighted by atomic mass is 10.2. The molecule has 0 saturated heterocycles. The van der Waals surface area contributed by atoms with E-state index in [-0.39, 0.29) is 0 Å². The van der Waals surface area contributed by atoms with E-state index in [1.165, 1.54) is 0 Å². The third-order valence-electron chi connectivity index (χ3n) is 2.69. The summed E-state index contributed by atoms with van der Waals surface area (Å²) in [5.41, 5.74) is 1.69. The van der Waals surface area contributed by atoms with Gasteiger partial charge in [-0.05, 0) is 30.7 Å². The number of anilines is 1. The van der Waals surface area contributed by atoms with Crippen LogP contribution in [0.4, 0.5) is 18.9 Å². The van der Waals surface area contributed by atoms with Gasteiger partial charge in [0.15, 0.2) is 0 Å². The molecule has 0 fully saturated rings. The van der Waals surface area contributed by atoms with E-state index in [0.29, 0.717) is 17.1 Å². The van der Waals surface area contributed by atoms with E-state index < -0.39 is 11.9 Å². The molecule has 0 amide bonds. The molecule has 1 aromatic heterocycles. The van der Waals surface area contributed by atoms with E-state index in [4.69, 9.17) is 4.42 Å². The molecule has 1 heterocycles. The molecule has 20 heavy (non-hydrogen) atoms. The summed E-state index contributed by atoms with van der Waals surface area (Å²) in [5, 5.41) is 3.11. The van der Waals surface area contributed by atoms with Gasteiger partial charge in [-0.25, -0.2) is 0 Å². The van der Waals surface area contributed by atoms with Gasteiger partial charge in [0.25, 0.3) is 0 Å². The van der Waals surface area contributed by atoms with Crippen LogP contribution < -0.4 is 5.32 Å². The summed E-state index contributed by atoms with van der Waals surface area (Å²) in [7, 11) is 0. The summed E-state index contributed by atoms with van der Waals surface area (Å²) < 4.78 is 42.1. The summed E-state index contributed by atoms with van der Waals surface area (Å²) in [4.78, 5) is 0.578. The molecule has 0 unspecified atom stereocenters. The van der Waals surface area contributed by atoms with Crippen LogP contribution in [0, 0.1) is 6.92 Å². The van der Waals surface area contributed by atoms with E-state index in [0.717, 1.165) is 23.1 Å². The number of nitrogens with one attached hydrogen (secondary N) is 1. The van der Waals surface area contributed by atoms with Crippen LogP contribution in [-0.4, -0.2) is 11.9 Å². The van der Waals surface area contributed by atoms with E-state index in [1.54, 1.807) is 30.5 Å². The molecule has 1 aromatic carbocycles. The van der Waals surface area contributed by atoms with E-state index in [1.807, 2.05) is 13.0 Å². The smallest absolute Gasteiger partial charge is 0.398 e. The van der Waals surface area contributed by atoms with Crippen LogP contribution in [0.15, 0.2) is 45.9 Å². The lowest BCUT2D eigenvalue weighted by Gasteiger charge is -2.12. The number of hydrogen-bond acceptors (Lipinski definition) is 3. The Bertz CT molecular complexity index is 566. The molecule has 0 aliphatic rings. The standard InChI is InChI=1S/C14H14F3NOS/c1-10-6-7-19-12(10)8-18-11-4-2-3-5-13(11)20-9-14(15,16)17/h2-7,18H,8-9H2,1H3. The predicted molar refractivity (Wildman–Crippen MR) is 74.0 cm³/mol. The molecule has 1 N–H and O–H groups in total. The molecule has 108 valence electrons. The third-order valence-corrected chi connectivity index (χ3v) is 3.82. The van der Waals surface area contributed by atoms with Gasteiger partial charge in [0, 0.05) is 10.6 Å². The predicted octanol–water partition coefficient (Wildman–Crippen LogP) is 4.85. The molecule has 0 saturated carbocycles. The summed E-state index contributed by atoms with van der Waals surface area (Å²) in [6.07, 6.45) is -2.58. The highest BCUT2D eigenvalue weighted by atomic mass is 32.2. The zero-order chi connectivity index (χ0) is 14.6. The minimum Gasteiger partial charge on any atom is -0.467 e. The topological polar surface area (TPSA) is 25.2 Å². The quantitative estimate of drug-likeness (QED) is 0.799. The van der Waals surface area contributed by atoms with Gasteiger partial charge in [-0.15, -0.1) is 11.8 Å². The van der Waals surface area contributed by atoms with Crippen LogP contribution in [0.5, 0.6) is 0 Å². The fraction of sp³-hybridized carbons (Fsp3) is 0.286. The largest absolute Gasteiger partial charge is 0.467 e. The van der Waals surface area contributed by atoms with Crippen molar-refractivity contribution in [2.45, 2.75) is 24.5 Å². The van der Waals surface area contributed by atoms with Crippen LogP contribution in [0.2, 0.25) is 0 Å². The van der Waals surface area contributed by atoms with Gasteiger partial charge in [-0.2, -0.15) is 13.2 Å². The second kappa shape index (κ2) is 6.26. The number of aryl methyl sites for hydroxylation is 1. The van der Waals surface area contributed by atoms with Gasteiger partial charge in [-0.1, -0.05) is 12.1 Å². The Morgan fingerprint density at radius 2 is 1.95 bits per heavy atom. The second-order valence-electron chi connectivity index (χ2n) is 4.28. The van der Waals surface area contributed by atoms with E-state index in [2.05, 4.69) is 5.32 Å². The van der Waals surface area contributed by atoms with Crippen LogP contribution in [0.25, 0.3) is 0 Å². The zero-order valence-corrected chi connectivity index (χ0v) is 11.6. The number of thioether (sulfide) groups is 1. The number of benzene rings is 1. The molecule has 0 atom stereocenters. The molecule has 2 nitrogen and oxygen atoms in total. The van der Waals surface area contributed by atoms with Gasteiger partial charge in [0.2, 0.25) is 0 Å². The fourth-order valence-electron chi connectivity index (χ4n) is 1.66. The summed E-state index contributed by atoms with van der Waals surface area (Å²) in [6, 6.07) is 8.79. The number of hydrogen-bond donors (Lipinski definition) is 1. The minimum atomic E-state index is -4.17. The average molecular weight is 301 g/mol. The highest BCUT2D eigenvalue weighted by Gasteiger charge is 2.27. The van der Waals surface area contributed by atoms with Crippen molar-refractivity contribution in [2.24, 2.45) is 0 Å². The van der Waals surface area contributed by atoms with Crippen LogP contribution in [-0.2, 0) is 6.54 Å². The summed E-state index contributed by atoms with van der Waals surface area (Å²) in [5.74, 6) is -0.119. The molecular weight excluding hydrogens is 287 g/mol. The Morgan fingerprint density at radius 3 is 2.60 bits per heavy atom. The SMILES string of the molecule is Cc1ccoc1CNc1ccccc1SCC(F)(F)F. The molecule has 6 heteroatoms. The zero-order valence-electron chi connectivity index (χ0n) is 10.8. The Balaban J connectivity index is 2.02. The minimum absolute atomic E-state index is 0.447. The van der Waals surface area contributed by atoms with Crippen molar-refractivity contribution in [1.29, 1.82) is 0 Å². The molecule has 2 rings (SSSR count). The lowest BCUT2D eigenvalue weighted by Crippen LogP contribution is -2.11.